The van der Waals surface area contributed by atoms with Crippen molar-refractivity contribution in [2.45, 2.75) is 38.0 Å². The van der Waals surface area contributed by atoms with Gasteiger partial charge in [0.2, 0.25) is 11.8 Å². The third-order valence-corrected chi connectivity index (χ3v) is 5.56. The predicted molar refractivity (Wildman–Crippen MR) is 106 cm³/mol. The van der Waals surface area contributed by atoms with Crippen LogP contribution in [0.15, 0.2) is 42.5 Å². The number of hydrogen-bond acceptors (Lipinski definition) is 3. The van der Waals surface area contributed by atoms with Crippen LogP contribution in [-0.4, -0.2) is 35.2 Å². The summed E-state index contributed by atoms with van der Waals surface area (Å²) in [6, 6.07) is 8.88. The molecule has 0 aliphatic carbocycles. The Bertz CT molecular complexity index is 1030. The highest BCUT2D eigenvalue weighted by Gasteiger charge is 2.32. The smallest absolute Gasteiger partial charge is 0.344 e. The fourth-order valence-electron chi connectivity index (χ4n) is 3.86. The predicted octanol–water partition coefficient (Wildman–Crippen LogP) is 3.12. The Morgan fingerprint density at radius 1 is 1.03 bits per heavy atom. The zero-order valence-electron chi connectivity index (χ0n) is 16.5. The van der Waals surface area contributed by atoms with Crippen LogP contribution >= 0.6 is 0 Å². The van der Waals surface area contributed by atoms with Crippen molar-refractivity contribution in [3.8, 4) is 0 Å². The minimum atomic E-state index is -4.46. The summed E-state index contributed by atoms with van der Waals surface area (Å²) in [5, 5.41) is 5.38. The monoisotopic (exact) mass is 431 g/mol. The molecule has 0 aromatic heterocycles. The second kappa shape index (κ2) is 8.05. The number of fused-ring (bicyclic) bond motifs is 1. The molecule has 4 rings (SSSR count). The van der Waals surface area contributed by atoms with Crippen LogP contribution in [0.4, 0.5) is 18.9 Å². The average molecular weight is 431 g/mol. The van der Waals surface area contributed by atoms with E-state index >= 15 is 0 Å². The number of carbonyl (C=O) groups excluding carboxylic acids is 3. The largest absolute Gasteiger partial charge is 0.416 e. The van der Waals surface area contributed by atoms with Gasteiger partial charge in [-0.05, 0) is 60.4 Å². The van der Waals surface area contributed by atoms with Crippen molar-refractivity contribution in [1.29, 1.82) is 0 Å². The molecule has 2 N–H and O–H groups in total. The van der Waals surface area contributed by atoms with Gasteiger partial charge >= 0.3 is 6.18 Å². The molecule has 2 aromatic carbocycles. The maximum atomic E-state index is 12.7. The van der Waals surface area contributed by atoms with Gasteiger partial charge in [-0.25, -0.2) is 0 Å². The molecule has 0 saturated carbocycles. The van der Waals surface area contributed by atoms with Crippen molar-refractivity contribution >= 4 is 23.4 Å². The van der Waals surface area contributed by atoms with Crippen LogP contribution in [0.1, 0.15) is 39.9 Å². The van der Waals surface area contributed by atoms with Crippen LogP contribution in [0.25, 0.3) is 0 Å². The first-order valence-corrected chi connectivity index (χ1v) is 9.89. The molecule has 31 heavy (non-hydrogen) atoms. The second-order valence-corrected chi connectivity index (χ2v) is 7.68. The van der Waals surface area contributed by atoms with Crippen LogP contribution < -0.4 is 10.6 Å². The van der Waals surface area contributed by atoms with E-state index in [1.807, 2.05) is 6.07 Å². The van der Waals surface area contributed by atoms with E-state index < -0.39 is 23.7 Å². The maximum absolute atomic E-state index is 12.7. The van der Waals surface area contributed by atoms with Gasteiger partial charge in [-0.1, -0.05) is 6.07 Å². The molecule has 1 atom stereocenters. The lowest BCUT2D eigenvalue weighted by atomic mass is 9.98. The molecule has 6 nitrogen and oxygen atoms in total. The average Bonchev–Trinajstić information content (AvgIpc) is 3.18. The fourth-order valence-corrected chi connectivity index (χ4v) is 3.86. The van der Waals surface area contributed by atoms with Crippen LogP contribution in [0.3, 0.4) is 0 Å². The zero-order chi connectivity index (χ0) is 22.2. The van der Waals surface area contributed by atoms with Crippen LogP contribution in [0.2, 0.25) is 0 Å². The molecule has 2 aliphatic rings. The summed E-state index contributed by atoms with van der Waals surface area (Å²) < 4.78 is 38.1. The van der Waals surface area contributed by atoms with Gasteiger partial charge in [-0.15, -0.1) is 0 Å². The number of carbonyl (C=O) groups is 3. The molecule has 1 saturated heterocycles. The van der Waals surface area contributed by atoms with Crippen molar-refractivity contribution in [2.75, 3.05) is 11.9 Å². The van der Waals surface area contributed by atoms with Crippen molar-refractivity contribution < 1.29 is 27.6 Å². The molecule has 9 heteroatoms. The SMILES string of the molecule is O=C1CCC(C(=O)N2CCc3ccc(NC(=O)c4ccc(C(F)(F)F)cc4)cc3C2)N1. The molecular formula is C22H20F3N3O3. The summed E-state index contributed by atoms with van der Waals surface area (Å²) in [6.45, 7) is 0.917. The lowest BCUT2D eigenvalue weighted by Crippen LogP contribution is -2.46. The van der Waals surface area contributed by atoms with Crippen LogP contribution in [0, 0.1) is 0 Å². The van der Waals surface area contributed by atoms with Crippen molar-refractivity contribution in [3.05, 3.63) is 64.7 Å². The van der Waals surface area contributed by atoms with E-state index in [0.29, 0.717) is 38.0 Å². The van der Waals surface area contributed by atoms with E-state index in [1.165, 1.54) is 0 Å². The highest BCUT2D eigenvalue weighted by atomic mass is 19.4. The molecule has 0 spiro atoms. The topological polar surface area (TPSA) is 78.5 Å². The molecule has 2 aromatic rings. The number of hydrogen-bond donors (Lipinski definition) is 2. The highest BCUT2D eigenvalue weighted by Crippen LogP contribution is 2.29. The Morgan fingerprint density at radius 2 is 1.77 bits per heavy atom. The first kappa shape index (κ1) is 20.9. The Kier molecular flexibility index (Phi) is 5.43. The number of nitrogens with one attached hydrogen (secondary N) is 2. The van der Waals surface area contributed by atoms with E-state index in [-0.39, 0.29) is 17.4 Å². The lowest BCUT2D eigenvalue weighted by Gasteiger charge is -2.31. The number of anilines is 1. The normalized spacial score (nSPS) is 18.4. The third kappa shape index (κ3) is 4.55. The summed E-state index contributed by atoms with van der Waals surface area (Å²) in [5.74, 6) is -0.759. The zero-order valence-corrected chi connectivity index (χ0v) is 16.5. The van der Waals surface area contributed by atoms with Crippen LogP contribution in [0.5, 0.6) is 0 Å². The van der Waals surface area contributed by atoms with E-state index in [0.717, 1.165) is 35.4 Å². The van der Waals surface area contributed by atoms with E-state index in [2.05, 4.69) is 10.6 Å². The summed E-state index contributed by atoms with van der Waals surface area (Å²) in [4.78, 5) is 38.2. The van der Waals surface area contributed by atoms with Gasteiger partial charge in [-0.3, -0.25) is 14.4 Å². The highest BCUT2D eigenvalue weighted by molar-refractivity contribution is 6.04. The van der Waals surface area contributed by atoms with Crippen molar-refractivity contribution in [1.82, 2.24) is 10.2 Å². The Balaban J connectivity index is 1.44. The summed E-state index contributed by atoms with van der Waals surface area (Å²) in [6.07, 6.45) is -2.96. The number of nitrogens with zero attached hydrogens (tertiary/aromatic N) is 1. The summed E-state index contributed by atoms with van der Waals surface area (Å²) >= 11 is 0. The number of rotatable bonds is 3. The van der Waals surface area contributed by atoms with Gasteiger partial charge in [0.15, 0.2) is 0 Å². The number of halogens is 3. The van der Waals surface area contributed by atoms with Gasteiger partial charge in [-0.2, -0.15) is 13.2 Å². The number of benzene rings is 2. The van der Waals surface area contributed by atoms with Crippen LogP contribution in [-0.2, 0) is 28.7 Å². The van der Waals surface area contributed by atoms with Gasteiger partial charge in [0.1, 0.15) is 6.04 Å². The number of alkyl halides is 3. The standard InChI is InChI=1S/C22H20F3N3O3/c23-22(24,25)16-4-1-14(2-5-16)20(30)26-17-6-3-13-9-10-28(12-15(13)11-17)21(31)18-7-8-19(29)27-18/h1-6,11,18H,7-10,12H2,(H,26,30)(H,27,29). The maximum Gasteiger partial charge on any atom is 0.416 e. The van der Waals surface area contributed by atoms with Gasteiger partial charge in [0.05, 0.1) is 5.56 Å². The Hall–Kier alpha value is -3.36. The summed E-state index contributed by atoms with van der Waals surface area (Å²) in [7, 11) is 0. The lowest BCUT2D eigenvalue weighted by molar-refractivity contribution is -0.137. The summed E-state index contributed by atoms with van der Waals surface area (Å²) in [5.41, 5.74) is 1.73. The molecule has 1 fully saturated rings. The number of amides is 3. The first-order chi connectivity index (χ1) is 14.7. The molecule has 2 aliphatic heterocycles. The molecule has 3 amide bonds. The molecule has 2 heterocycles. The minimum Gasteiger partial charge on any atom is -0.344 e. The van der Waals surface area contributed by atoms with E-state index in [9.17, 15) is 27.6 Å². The van der Waals surface area contributed by atoms with Gasteiger partial charge < -0.3 is 15.5 Å². The fraction of sp³-hybridized carbons (Fsp3) is 0.318. The Morgan fingerprint density at radius 3 is 2.42 bits per heavy atom. The van der Waals surface area contributed by atoms with Crippen molar-refractivity contribution in [3.63, 3.8) is 0 Å². The molecule has 1 unspecified atom stereocenters. The quantitative estimate of drug-likeness (QED) is 0.784. The van der Waals surface area contributed by atoms with Gasteiger partial charge in [0, 0.05) is 30.8 Å². The van der Waals surface area contributed by atoms with E-state index in [1.54, 1.807) is 17.0 Å². The minimum absolute atomic E-state index is 0.111. The van der Waals surface area contributed by atoms with E-state index in [4.69, 9.17) is 0 Å². The van der Waals surface area contributed by atoms with Gasteiger partial charge in [0.25, 0.3) is 5.91 Å². The molecule has 0 radical (unpaired) electrons. The second-order valence-electron chi connectivity index (χ2n) is 7.68. The molecular weight excluding hydrogens is 411 g/mol. The Labute approximate surface area is 176 Å². The molecule has 0 bridgehead atoms. The molecule has 162 valence electrons. The first-order valence-electron chi connectivity index (χ1n) is 9.89. The van der Waals surface area contributed by atoms with Crippen molar-refractivity contribution in [2.24, 2.45) is 0 Å². The third-order valence-electron chi connectivity index (χ3n) is 5.56.